The van der Waals surface area contributed by atoms with Gasteiger partial charge in [0.25, 0.3) is 0 Å². The fourth-order valence-electron chi connectivity index (χ4n) is 0.287. The molecule has 0 radical (unpaired) electrons. The van der Waals surface area contributed by atoms with Crippen LogP contribution in [0.5, 0.6) is 0 Å². The monoisotopic (exact) mass is 148 g/mol. The summed E-state index contributed by atoms with van der Waals surface area (Å²) in [5, 5.41) is 0. The van der Waals surface area contributed by atoms with Gasteiger partial charge in [0.05, 0.1) is 0 Å². The van der Waals surface area contributed by atoms with E-state index in [2.05, 4.69) is 9.78 Å². The Labute approximate surface area is 62.2 Å². The number of ether oxygens (including phenoxy) is 1. The summed E-state index contributed by atoms with van der Waals surface area (Å²) in [5.41, 5.74) is 0. The van der Waals surface area contributed by atoms with E-state index in [1.807, 2.05) is 27.7 Å². The summed E-state index contributed by atoms with van der Waals surface area (Å²) in [6, 6.07) is 0. The van der Waals surface area contributed by atoms with Gasteiger partial charge < -0.3 is 4.74 Å². The molecule has 0 unspecified atom stereocenters. The van der Waals surface area contributed by atoms with Crippen LogP contribution in [0.2, 0.25) is 0 Å². The van der Waals surface area contributed by atoms with Gasteiger partial charge in [0.2, 0.25) is 5.79 Å². The summed E-state index contributed by atoms with van der Waals surface area (Å²) in [7, 11) is 0. The second kappa shape index (κ2) is 4.66. The molecular weight excluding hydrogens is 132 g/mol. The number of hydrogen-bond acceptors (Lipinski definition) is 3. The predicted octanol–water partition coefficient (Wildman–Crippen LogP) is 1.73. The lowest BCUT2D eigenvalue weighted by Gasteiger charge is -1.86. The smallest absolute Gasteiger partial charge is 0.228 e. The molecule has 0 N–H and O–H groups in total. The van der Waals surface area contributed by atoms with Gasteiger partial charge in [0.15, 0.2) is 0 Å². The van der Waals surface area contributed by atoms with E-state index in [1.165, 1.54) is 0 Å². The van der Waals surface area contributed by atoms with Crippen molar-refractivity contribution in [3.05, 3.63) is 0 Å². The molecule has 0 amide bonds. The molecule has 0 atom stereocenters. The molecule has 0 saturated carbocycles. The molecule has 1 rings (SSSR count). The SMILES string of the molecule is CC1(C)OO1.CCOCC. The Morgan fingerprint density at radius 2 is 1.40 bits per heavy atom. The zero-order valence-corrected chi connectivity index (χ0v) is 7.14. The van der Waals surface area contributed by atoms with E-state index in [-0.39, 0.29) is 5.79 Å². The van der Waals surface area contributed by atoms with Crippen molar-refractivity contribution < 1.29 is 14.5 Å². The standard InChI is InChI=1S/C4H10O.C3H6O2/c1-3-5-4-2;1-3(2)4-5-3/h3-4H2,1-2H3;1-2H3. The summed E-state index contributed by atoms with van der Waals surface area (Å²) in [6.07, 6.45) is 0. The summed E-state index contributed by atoms with van der Waals surface area (Å²) >= 11 is 0. The normalized spacial score (nSPS) is 19.2. The lowest BCUT2D eigenvalue weighted by Crippen LogP contribution is -1.89. The minimum Gasteiger partial charge on any atom is -0.382 e. The molecule has 0 spiro atoms. The van der Waals surface area contributed by atoms with Gasteiger partial charge in [0, 0.05) is 13.2 Å². The summed E-state index contributed by atoms with van der Waals surface area (Å²) in [6.45, 7) is 9.38. The quantitative estimate of drug-likeness (QED) is 0.441. The number of hydrogen-bond donors (Lipinski definition) is 0. The maximum absolute atomic E-state index is 4.83. The molecule has 1 heterocycles. The Balaban J connectivity index is 0.000000162. The van der Waals surface area contributed by atoms with Crippen molar-refractivity contribution in [2.24, 2.45) is 0 Å². The molecule has 0 bridgehead atoms. The van der Waals surface area contributed by atoms with Crippen LogP contribution >= 0.6 is 0 Å². The van der Waals surface area contributed by atoms with Crippen LogP contribution in [0.3, 0.4) is 0 Å². The van der Waals surface area contributed by atoms with Crippen LogP contribution in [0.1, 0.15) is 27.7 Å². The lowest BCUT2D eigenvalue weighted by atomic mass is 10.4. The van der Waals surface area contributed by atoms with Crippen molar-refractivity contribution in [2.75, 3.05) is 13.2 Å². The van der Waals surface area contributed by atoms with Crippen LogP contribution < -0.4 is 0 Å². The maximum Gasteiger partial charge on any atom is 0.228 e. The Bertz CT molecular complexity index is 72.9. The van der Waals surface area contributed by atoms with E-state index in [4.69, 9.17) is 4.74 Å². The minimum absolute atomic E-state index is 0.250. The second-order valence-electron chi connectivity index (χ2n) is 2.35. The predicted molar refractivity (Wildman–Crippen MR) is 38.4 cm³/mol. The first-order valence-corrected chi connectivity index (χ1v) is 3.57. The first kappa shape index (κ1) is 9.88. The zero-order valence-electron chi connectivity index (χ0n) is 7.14. The largest absolute Gasteiger partial charge is 0.382 e. The van der Waals surface area contributed by atoms with E-state index in [0.29, 0.717) is 0 Å². The van der Waals surface area contributed by atoms with Crippen molar-refractivity contribution in [1.82, 2.24) is 0 Å². The molecule has 0 aromatic rings. The fourth-order valence-corrected chi connectivity index (χ4v) is 0.287. The van der Waals surface area contributed by atoms with Gasteiger partial charge in [-0.05, 0) is 27.7 Å². The molecular formula is C7H16O3. The maximum atomic E-state index is 4.83. The average Bonchev–Trinajstić information content (AvgIpc) is 2.50. The highest BCUT2D eigenvalue weighted by Crippen LogP contribution is 2.26. The van der Waals surface area contributed by atoms with Crippen molar-refractivity contribution in [2.45, 2.75) is 33.5 Å². The first-order valence-electron chi connectivity index (χ1n) is 3.57. The van der Waals surface area contributed by atoms with E-state index < -0.39 is 0 Å². The third-order valence-corrected chi connectivity index (χ3v) is 0.825. The lowest BCUT2D eigenvalue weighted by molar-refractivity contribution is 0.0850. The van der Waals surface area contributed by atoms with Crippen molar-refractivity contribution in [3.63, 3.8) is 0 Å². The third-order valence-electron chi connectivity index (χ3n) is 0.825. The Morgan fingerprint density at radius 1 is 1.10 bits per heavy atom. The van der Waals surface area contributed by atoms with Crippen molar-refractivity contribution >= 4 is 0 Å². The molecule has 62 valence electrons. The van der Waals surface area contributed by atoms with E-state index in [9.17, 15) is 0 Å². The summed E-state index contributed by atoms with van der Waals surface area (Å²) < 4.78 is 4.83. The van der Waals surface area contributed by atoms with Gasteiger partial charge in [-0.3, -0.25) is 0 Å². The molecule has 1 saturated heterocycles. The van der Waals surface area contributed by atoms with Crippen LogP contribution in [0, 0.1) is 0 Å². The molecule has 10 heavy (non-hydrogen) atoms. The van der Waals surface area contributed by atoms with Crippen LogP contribution in [0.4, 0.5) is 0 Å². The van der Waals surface area contributed by atoms with Crippen molar-refractivity contribution in [3.8, 4) is 0 Å². The van der Waals surface area contributed by atoms with Crippen LogP contribution in [-0.2, 0) is 14.5 Å². The van der Waals surface area contributed by atoms with Gasteiger partial charge in [-0.25, -0.2) is 0 Å². The van der Waals surface area contributed by atoms with E-state index in [0.717, 1.165) is 13.2 Å². The molecule has 1 aliphatic heterocycles. The molecule has 3 nitrogen and oxygen atoms in total. The first-order chi connectivity index (χ1) is 4.62. The second-order valence-corrected chi connectivity index (χ2v) is 2.35. The van der Waals surface area contributed by atoms with Crippen LogP contribution in [0.25, 0.3) is 0 Å². The van der Waals surface area contributed by atoms with Gasteiger partial charge in [-0.15, -0.1) is 0 Å². The molecule has 0 aromatic carbocycles. The molecule has 3 heteroatoms. The van der Waals surface area contributed by atoms with Crippen molar-refractivity contribution in [1.29, 1.82) is 0 Å². The summed E-state index contributed by atoms with van der Waals surface area (Å²) in [4.78, 5) is 8.79. The third kappa shape index (κ3) is 7.88. The van der Waals surface area contributed by atoms with E-state index in [1.54, 1.807) is 0 Å². The Hall–Kier alpha value is -0.120. The molecule has 0 aliphatic carbocycles. The molecule has 1 aliphatic rings. The highest BCUT2D eigenvalue weighted by Gasteiger charge is 2.36. The highest BCUT2D eigenvalue weighted by molar-refractivity contribution is 4.53. The Kier molecular flexibility index (Phi) is 4.60. The van der Waals surface area contributed by atoms with Crippen LogP contribution in [0.15, 0.2) is 0 Å². The van der Waals surface area contributed by atoms with E-state index >= 15 is 0 Å². The van der Waals surface area contributed by atoms with Gasteiger partial charge in [0.1, 0.15) is 0 Å². The average molecular weight is 148 g/mol. The van der Waals surface area contributed by atoms with Gasteiger partial charge >= 0.3 is 0 Å². The number of rotatable bonds is 2. The van der Waals surface area contributed by atoms with Crippen LogP contribution in [-0.4, -0.2) is 19.0 Å². The topological polar surface area (TPSA) is 34.3 Å². The summed E-state index contributed by atoms with van der Waals surface area (Å²) in [5.74, 6) is -0.250. The minimum atomic E-state index is -0.250. The molecule has 1 fully saturated rings. The zero-order chi connectivity index (χ0) is 8.04. The van der Waals surface area contributed by atoms with Gasteiger partial charge in [-0.2, -0.15) is 9.78 Å². The molecule has 0 aromatic heterocycles. The fraction of sp³-hybridized carbons (Fsp3) is 1.00. The highest BCUT2D eigenvalue weighted by atomic mass is 17.4. The van der Waals surface area contributed by atoms with Gasteiger partial charge in [-0.1, -0.05) is 0 Å². The Morgan fingerprint density at radius 3 is 1.40 bits per heavy atom.